The first-order valence-corrected chi connectivity index (χ1v) is 21.6. The maximum absolute atomic E-state index is 9.72. The normalized spacial score (nSPS) is 11.4. The molecule has 0 spiro atoms. The molecule has 294 valence electrons. The summed E-state index contributed by atoms with van der Waals surface area (Å²) in [5.74, 6) is 0. The van der Waals surface area contributed by atoms with Crippen molar-refractivity contribution in [1.82, 2.24) is 0 Å². The first kappa shape index (κ1) is 37.0. The Hall–Kier alpha value is -8.82. The molecule has 0 saturated carbocycles. The Kier molecular flexibility index (Phi) is 8.65. The molecule has 12 aromatic rings. The Morgan fingerprint density at radius 3 is 1.02 bits per heavy atom. The third kappa shape index (κ3) is 6.17. The fourth-order valence-corrected chi connectivity index (χ4v) is 9.81. The zero-order valence-corrected chi connectivity index (χ0v) is 34.7. The van der Waals surface area contributed by atoms with Crippen LogP contribution in [0.5, 0.6) is 0 Å². The average Bonchev–Trinajstić information content (AvgIpc) is 3.37. The first-order valence-electron chi connectivity index (χ1n) is 21.6. The molecule has 0 heterocycles. The van der Waals surface area contributed by atoms with Gasteiger partial charge in [-0.3, -0.25) is 0 Å². The summed E-state index contributed by atoms with van der Waals surface area (Å²) in [4.78, 5) is 3.70. The molecular weight excluding hydrogens is 773 g/mol. The van der Waals surface area contributed by atoms with Crippen molar-refractivity contribution in [3.63, 3.8) is 0 Å². The van der Waals surface area contributed by atoms with E-state index in [-0.39, 0.29) is 0 Å². The molecule has 0 N–H and O–H groups in total. The Balaban J connectivity index is 1.09. The highest BCUT2D eigenvalue weighted by molar-refractivity contribution is 6.32. The van der Waals surface area contributed by atoms with Gasteiger partial charge in [0.2, 0.25) is 0 Å². The van der Waals surface area contributed by atoms with Gasteiger partial charge in [0, 0.05) is 0 Å². The molecule has 2 nitrogen and oxygen atoms in total. The van der Waals surface area contributed by atoms with Crippen LogP contribution in [0.2, 0.25) is 0 Å². The van der Waals surface area contributed by atoms with Crippen LogP contribution in [0, 0.1) is 17.9 Å². The standard InChI is InChI=1S/C62H36N2/c1-64-52-28-26-47(27-29-52)60-37-59(46-22-16-43(17-23-46)51-25-19-41-7-3-5-9-49(41)35-51)55-31-30-53-57(44-12-10-39(38-63)11-13-44)36-58(54-32-33-56(60)62(55)61(53)54)45-20-14-42(15-21-45)50-24-18-40-6-2-4-8-48(40)34-50/h2-37H. The molecule has 0 aliphatic heterocycles. The summed E-state index contributed by atoms with van der Waals surface area (Å²) < 4.78 is 0. The molecule has 0 saturated heterocycles. The summed E-state index contributed by atoms with van der Waals surface area (Å²) in [6.45, 7) is 7.66. The van der Waals surface area contributed by atoms with Gasteiger partial charge in [-0.25, -0.2) is 4.85 Å². The molecule has 0 atom stereocenters. The second-order valence-corrected chi connectivity index (χ2v) is 16.6. The van der Waals surface area contributed by atoms with Crippen molar-refractivity contribution in [2.75, 3.05) is 0 Å². The Labute approximate surface area is 371 Å². The quantitative estimate of drug-likeness (QED) is 0.121. The monoisotopic (exact) mass is 808 g/mol. The molecule has 0 amide bonds. The van der Waals surface area contributed by atoms with Gasteiger partial charge >= 0.3 is 0 Å². The Bertz CT molecular complexity index is 3610. The summed E-state index contributed by atoms with van der Waals surface area (Å²) in [6.07, 6.45) is 0. The van der Waals surface area contributed by atoms with Crippen LogP contribution in [-0.4, -0.2) is 0 Å². The van der Waals surface area contributed by atoms with E-state index in [9.17, 15) is 5.26 Å². The topological polar surface area (TPSA) is 28.1 Å². The van der Waals surface area contributed by atoms with Gasteiger partial charge in [0.05, 0.1) is 18.2 Å². The van der Waals surface area contributed by atoms with Gasteiger partial charge < -0.3 is 0 Å². The molecule has 12 rings (SSSR count). The van der Waals surface area contributed by atoms with Crippen molar-refractivity contribution in [2.24, 2.45) is 0 Å². The molecular formula is C62H36N2. The number of nitriles is 1. The van der Waals surface area contributed by atoms with Crippen LogP contribution >= 0.6 is 0 Å². The average molecular weight is 809 g/mol. The van der Waals surface area contributed by atoms with E-state index in [2.05, 4.69) is 205 Å². The van der Waals surface area contributed by atoms with Crippen molar-refractivity contribution in [1.29, 1.82) is 5.26 Å². The van der Waals surface area contributed by atoms with Gasteiger partial charge in [0.1, 0.15) is 0 Å². The summed E-state index contributed by atoms with van der Waals surface area (Å²) in [5.41, 5.74) is 14.9. The smallest absolute Gasteiger partial charge is 0.187 e. The number of rotatable bonds is 6. The molecule has 64 heavy (non-hydrogen) atoms. The molecule has 2 heteroatoms. The predicted octanol–water partition coefficient (Wildman–Crippen LogP) is 17.3. The highest BCUT2D eigenvalue weighted by Gasteiger charge is 2.21. The van der Waals surface area contributed by atoms with Gasteiger partial charge in [-0.05, 0) is 157 Å². The summed E-state index contributed by atoms with van der Waals surface area (Å²) in [5, 5.41) is 21.7. The van der Waals surface area contributed by atoms with E-state index < -0.39 is 0 Å². The fraction of sp³-hybridized carbons (Fsp3) is 0. The van der Waals surface area contributed by atoms with Crippen LogP contribution in [0.4, 0.5) is 5.69 Å². The van der Waals surface area contributed by atoms with E-state index >= 15 is 0 Å². The second kappa shape index (κ2) is 15.0. The van der Waals surface area contributed by atoms with E-state index in [1.165, 1.54) is 65.3 Å². The van der Waals surface area contributed by atoms with Crippen molar-refractivity contribution >= 4 is 59.5 Å². The van der Waals surface area contributed by atoms with Crippen LogP contribution in [0.25, 0.3) is 125 Å². The SMILES string of the molecule is [C-]#[N+]c1ccc(-c2cc(-c3ccc(-c4ccc5ccccc5c4)cc3)c3ccc4c(-c5ccc(C#N)cc5)cc(-c5ccc(-c6ccc7ccccc7c6)cc5)c5ccc2c3c45)cc1. The van der Waals surface area contributed by atoms with Crippen molar-refractivity contribution < 1.29 is 0 Å². The molecule has 0 aromatic heterocycles. The molecule has 12 aromatic carbocycles. The lowest BCUT2D eigenvalue weighted by Gasteiger charge is -2.22. The van der Waals surface area contributed by atoms with Crippen LogP contribution in [0.1, 0.15) is 5.56 Å². The number of hydrogen-bond donors (Lipinski definition) is 0. The second-order valence-electron chi connectivity index (χ2n) is 16.6. The van der Waals surface area contributed by atoms with E-state index in [1.54, 1.807) is 0 Å². The molecule has 0 unspecified atom stereocenters. The highest BCUT2D eigenvalue weighted by atomic mass is 14.6. The van der Waals surface area contributed by atoms with Gasteiger partial charge in [-0.2, -0.15) is 5.26 Å². The first-order chi connectivity index (χ1) is 31.6. The molecule has 0 fully saturated rings. The maximum atomic E-state index is 9.72. The number of hydrogen-bond acceptors (Lipinski definition) is 1. The van der Waals surface area contributed by atoms with E-state index in [1.807, 2.05) is 24.3 Å². The predicted molar refractivity (Wildman–Crippen MR) is 269 cm³/mol. The molecule has 0 aliphatic carbocycles. The maximum Gasteiger partial charge on any atom is 0.187 e. The van der Waals surface area contributed by atoms with Crippen molar-refractivity contribution in [3.8, 4) is 72.8 Å². The van der Waals surface area contributed by atoms with Crippen molar-refractivity contribution in [2.45, 2.75) is 0 Å². The van der Waals surface area contributed by atoms with Crippen LogP contribution in [0.15, 0.2) is 218 Å². The molecule has 0 aliphatic rings. The third-order valence-electron chi connectivity index (χ3n) is 13.1. The highest BCUT2D eigenvalue weighted by Crippen LogP contribution is 2.49. The Morgan fingerprint density at radius 1 is 0.312 bits per heavy atom. The van der Waals surface area contributed by atoms with Crippen LogP contribution < -0.4 is 0 Å². The van der Waals surface area contributed by atoms with Crippen molar-refractivity contribution in [3.05, 3.63) is 235 Å². The zero-order chi connectivity index (χ0) is 42.7. The number of fused-ring (bicyclic) bond motifs is 2. The number of nitrogens with zero attached hydrogens (tertiary/aromatic N) is 2. The minimum atomic E-state index is 0.620. The lowest BCUT2D eigenvalue weighted by molar-refractivity contribution is 1.48. The largest absolute Gasteiger partial charge is 0.238 e. The minimum absolute atomic E-state index is 0.620. The van der Waals surface area contributed by atoms with E-state index in [4.69, 9.17) is 6.57 Å². The van der Waals surface area contributed by atoms with Gasteiger partial charge in [0.25, 0.3) is 0 Å². The van der Waals surface area contributed by atoms with E-state index in [0.717, 1.165) is 55.3 Å². The minimum Gasteiger partial charge on any atom is -0.238 e. The molecule has 0 radical (unpaired) electrons. The zero-order valence-electron chi connectivity index (χ0n) is 34.7. The molecule has 0 bridgehead atoms. The van der Waals surface area contributed by atoms with Crippen LogP contribution in [-0.2, 0) is 0 Å². The summed E-state index contributed by atoms with van der Waals surface area (Å²) in [7, 11) is 0. The lowest BCUT2D eigenvalue weighted by Crippen LogP contribution is -1.94. The number of benzene rings is 12. The van der Waals surface area contributed by atoms with Gasteiger partial charge in [-0.15, -0.1) is 0 Å². The lowest BCUT2D eigenvalue weighted by atomic mass is 9.81. The van der Waals surface area contributed by atoms with Crippen LogP contribution in [0.3, 0.4) is 0 Å². The van der Waals surface area contributed by atoms with E-state index in [0.29, 0.717) is 11.3 Å². The summed E-state index contributed by atoms with van der Waals surface area (Å²) in [6, 6.07) is 80.5. The van der Waals surface area contributed by atoms with Gasteiger partial charge in [0.15, 0.2) is 5.69 Å². The fourth-order valence-electron chi connectivity index (χ4n) is 9.81. The third-order valence-corrected chi connectivity index (χ3v) is 13.1. The van der Waals surface area contributed by atoms with Gasteiger partial charge in [-0.1, -0.05) is 182 Å². The summed E-state index contributed by atoms with van der Waals surface area (Å²) >= 11 is 0. The Morgan fingerprint density at radius 2 is 0.641 bits per heavy atom.